The molecule has 3 rings (SSSR count). The summed E-state index contributed by atoms with van der Waals surface area (Å²) in [6.45, 7) is 13.7. The van der Waals surface area contributed by atoms with Gasteiger partial charge in [-0.3, -0.25) is 0 Å². The van der Waals surface area contributed by atoms with Crippen LogP contribution in [0.5, 0.6) is 0 Å². The van der Waals surface area contributed by atoms with Gasteiger partial charge in [0.15, 0.2) is 0 Å². The standard InChI is InChI=1S/C22H27N3O4/c1-8-29-22(28)20-14(7)12(5)18(25-20)16-10(3)9(2)15(23-16)17-11(4)13(6)19(24-17)21(26)27/h23-25H,8H2,1-7H3,(H,26,27). The van der Waals surface area contributed by atoms with Gasteiger partial charge in [-0.15, -0.1) is 0 Å². The van der Waals surface area contributed by atoms with Crippen LogP contribution in [-0.4, -0.2) is 38.6 Å². The summed E-state index contributed by atoms with van der Waals surface area (Å²) in [5, 5.41) is 9.43. The lowest BCUT2D eigenvalue weighted by Crippen LogP contribution is -2.06. The molecule has 0 aliphatic carbocycles. The summed E-state index contributed by atoms with van der Waals surface area (Å²) in [6, 6.07) is 0. The Morgan fingerprint density at radius 1 is 0.690 bits per heavy atom. The number of carboxylic acid groups (broad SMARTS) is 1. The highest BCUT2D eigenvalue weighted by Gasteiger charge is 2.24. The molecule has 7 heteroatoms. The SMILES string of the molecule is CCOC(=O)c1[nH]c(-c2[nH]c(-c3[nH]c(C(=O)O)c(C)c3C)c(C)c2C)c(C)c1C. The first-order chi connectivity index (χ1) is 13.6. The smallest absolute Gasteiger partial charge is 0.355 e. The zero-order valence-electron chi connectivity index (χ0n) is 17.9. The molecule has 154 valence electrons. The van der Waals surface area contributed by atoms with Crippen LogP contribution in [0.25, 0.3) is 22.8 Å². The molecule has 0 saturated heterocycles. The molecular formula is C22H27N3O4. The molecule has 0 aliphatic rings. The molecule has 29 heavy (non-hydrogen) atoms. The highest BCUT2D eigenvalue weighted by Crippen LogP contribution is 2.37. The van der Waals surface area contributed by atoms with Gasteiger partial charge in [0.1, 0.15) is 11.4 Å². The monoisotopic (exact) mass is 397 g/mol. The van der Waals surface area contributed by atoms with Gasteiger partial charge in [0.05, 0.1) is 29.4 Å². The topological polar surface area (TPSA) is 111 Å². The minimum absolute atomic E-state index is 0.196. The molecule has 0 unspecified atom stereocenters. The summed E-state index contributed by atoms with van der Waals surface area (Å²) >= 11 is 0. The Balaban J connectivity index is 2.17. The third kappa shape index (κ3) is 3.16. The van der Waals surface area contributed by atoms with Crippen LogP contribution < -0.4 is 0 Å². The van der Waals surface area contributed by atoms with Crippen LogP contribution in [0.1, 0.15) is 61.3 Å². The summed E-state index contributed by atoms with van der Waals surface area (Å²) in [7, 11) is 0. The van der Waals surface area contributed by atoms with E-state index in [2.05, 4.69) is 15.0 Å². The van der Waals surface area contributed by atoms with Crippen molar-refractivity contribution in [3.05, 3.63) is 44.8 Å². The molecule has 0 saturated carbocycles. The first-order valence-electron chi connectivity index (χ1n) is 9.58. The van der Waals surface area contributed by atoms with E-state index in [1.807, 2.05) is 34.6 Å². The Morgan fingerprint density at radius 2 is 1.07 bits per heavy atom. The second-order valence-corrected chi connectivity index (χ2v) is 7.40. The number of esters is 1. The van der Waals surface area contributed by atoms with Crippen molar-refractivity contribution in [2.45, 2.75) is 48.5 Å². The van der Waals surface area contributed by atoms with E-state index in [1.54, 1.807) is 13.8 Å². The van der Waals surface area contributed by atoms with Gasteiger partial charge < -0.3 is 24.8 Å². The molecule has 0 amide bonds. The van der Waals surface area contributed by atoms with Gasteiger partial charge in [-0.2, -0.15) is 0 Å². The molecule has 0 bridgehead atoms. The minimum Gasteiger partial charge on any atom is -0.477 e. The van der Waals surface area contributed by atoms with E-state index in [0.717, 1.165) is 56.2 Å². The Kier molecular flexibility index (Phi) is 5.17. The Labute approximate surface area is 169 Å². The number of carbonyl (C=O) groups is 2. The normalized spacial score (nSPS) is 11.1. The fourth-order valence-corrected chi connectivity index (χ4v) is 3.68. The Hall–Kier alpha value is -3.22. The number of rotatable bonds is 5. The van der Waals surface area contributed by atoms with Gasteiger partial charge in [-0.25, -0.2) is 9.59 Å². The van der Waals surface area contributed by atoms with E-state index in [4.69, 9.17) is 4.74 Å². The first-order valence-corrected chi connectivity index (χ1v) is 9.58. The fraction of sp³-hybridized carbons (Fsp3) is 0.364. The number of aromatic carboxylic acids is 1. The van der Waals surface area contributed by atoms with Crippen LogP contribution >= 0.6 is 0 Å². The van der Waals surface area contributed by atoms with Crippen LogP contribution in [-0.2, 0) is 4.74 Å². The number of ether oxygens (including phenoxy) is 1. The lowest BCUT2D eigenvalue weighted by atomic mass is 10.0. The van der Waals surface area contributed by atoms with E-state index in [0.29, 0.717) is 12.3 Å². The number of aromatic nitrogens is 3. The summed E-state index contributed by atoms with van der Waals surface area (Å²) in [5.74, 6) is -1.35. The molecule has 4 N–H and O–H groups in total. The molecule has 0 spiro atoms. The van der Waals surface area contributed by atoms with Crippen molar-refractivity contribution < 1.29 is 19.4 Å². The van der Waals surface area contributed by atoms with Crippen LogP contribution in [0.15, 0.2) is 0 Å². The Morgan fingerprint density at radius 3 is 1.48 bits per heavy atom. The van der Waals surface area contributed by atoms with Crippen LogP contribution in [0.4, 0.5) is 0 Å². The number of H-pyrrole nitrogens is 3. The lowest BCUT2D eigenvalue weighted by Gasteiger charge is -2.01. The van der Waals surface area contributed by atoms with Crippen molar-refractivity contribution in [3.63, 3.8) is 0 Å². The molecule has 0 fully saturated rings. The number of hydrogen-bond donors (Lipinski definition) is 4. The summed E-state index contributed by atoms with van der Waals surface area (Å²) in [4.78, 5) is 33.5. The van der Waals surface area contributed by atoms with Crippen molar-refractivity contribution in [2.24, 2.45) is 0 Å². The van der Waals surface area contributed by atoms with Gasteiger partial charge in [0, 0.05) is 0 Å². The maximum absolute atomic E-state index is 12.3. The van der Waals surface area contributed by atoms with Crippen molar-refractivity contribution in [2.75, 3.05) is 6.61 Å². The van der Waals surface area contributed by atoms with Crippen LogP contribution in [0.2, 0.25) is 0 Å². The van der Waals surface area contributed by atoms with Gasteiger partial charge in [0.2, 0.25) is 0 Å². The first kappa shape index (κ1) is 20.5. The maximum Gasteiger partial charge on any atom is 0.355 e. The highest BCUT2D eigenvalue weighted by atomic mass is 16.5. The molecule has 3 heterocycles. The molecule has 3 aromatic heterocycles. The van der Waals surface area contributed by atoms with Gasteiger partial charge in [-0.1, -0.05) is 0 Å². The number of carboxylic acids is 1. The van der Waals surface area contributed by atoms with E-state index in [-0.39, 0.29) is 11.7 Å². The second kappa shape index (κ2) is 7.31. The summed E-state index contributed by atoms with van der Waals surface area (Å²) in [6.07, 6.45) is 0. The van der Waals surface area contributed by atoms with Crippen LogP contribution in [0, 0.1) is 41.5 Å². The molecule has 0 aromatic carbocycles. The third-order valence-electron chi connectivity index (χ3n) is 5.88. The zero-order valence-corrected chi connectivity index (χ0v) is 17.9. The van der Waals surface area contributed by atoms with Gasteiger partial charge in [0.25, 0.3) is 0 Å². The van der Waals surface area contributed by atoms with Gasteiger partial charge in [-0.05, 0) is 81.8 Å². The van der Waals surface area contributed by atoms with Gasteiger partial charge >= 0.3 is 11.9 Å². The number of nitrogens with one attached hydrogen (secondary N) is 3. The van der Waals surface area contributed by atoms with E-state index in [1.165, 1.54) is 0 Å². The number of carbonyl (C=O) groups excluding carboxylic acids is 1. The maximum atomic E-state index is 12.3. The molecule has 0 aliphatic heterocycles. The van der Waals surface area contributed by atoms with Crippen molar-refractivity contribution >= 4 is 11.9 Å². The zero-order chi connectivity index (χ0) is 21.6. The van der Waals surface area contributed by atoms with Crippen molar-refractivity contribution in [3.8, 4) is 22.8 Å². The molecule has 0 atom stereocenters. The van der Waals surface area contributed by atoms with E-state index < -0.39 is 5.97 Å². The Bertz CT molecular complexity index is 1130. The average molecular weight is 397 g/mol. The third-order valence-corrected chi connectivity index (χ3v) is 5.88. The fourth-order valence-electron chi connectivity index (χ4n) is 3.68. The second-order valence-electron chi connectivity index (χ2n) is 7.40. The minimum atomic E-state index is -0.979. The average Bonchev–Trinajstić information content (AvgIpc) is 3.24. The van der Waals surface area contributed by atoms with E-state index in [9.17, 15) is 14.7 Å². The molecular weight excluding hydrogens is 370 g/mol. The lowest BCUT2D eigenvalue weighted by molar-refractivity contribution is 0.0519. The summed E-state index contributed by atoms with van der Waals surface area (Å²) in [5.41, 5.74) is 9.44. The number of aromatic amines is 3. The van der Waals surface area contributed by atoms with Crippen LogP contribution in [0.3, 0.4) is 0 Å². The molecule has 0 radical (unpaired) electrons. The number of hydrogen-bond acceptors (Lipinski definition) is 3. The molecule has 7 nitrogen and oxygen atoms in total. The predicted molar refractivity (Wildman–Crippen MR) is 112 cm³/mol. The van der Waals surface area contributed by atoms with Crippen molar-refractivity contribution in [1.82, 2.24) is 15.0 Å². The summed E-state index contributed by atoms with van der Waals surface area (Å²) < 4.78 is 5.15. The molecule has 3 aromatic rings. The highest BCUT2D eigenvalue weighted by molar-refractivity contribution is 5.92. The van der Waals surface area contributed by atoms with E-state index >= 15 is 0 Å². The quantitative estimate of drug-likeness (QED) is 0.466. The van der Waals surface area contributed by atoms with Crippen molar-refractivity contribution in [1.29, 1.82) is 0 Å². The largest absolute Gasteiger partial charge is 0.477 e. The predicted octanol–water partition coefficient (Wildman–Crippen LogP) is 4.73.